The second-order valence-corrected chi connectivity index (χ2v) is 2.54. The highest BCUT2D eigenvalue weighted by Gasteiger charge is 2.06. The van der Waals surface area contributed by atoms with Gasteiger partial charge in [-0.1, -0.05) is 0 Å². The largest absolute Gasteiger partial charge is 0.441 e. The lowest BCUT2D eigenvalue weighted by molar-refractivity contribution is 0.213. The summed E-state index contributed by atoms with van der Waals surface area (Å²) in [5, 5.41) is 0. The van der Waals surface area contributed by atoms with Gasteiger partial charge in [0, 0.05) is 12.3 Å². The highest BCUT2D eigenvalue weighted by molar-refractivity contribution is 4.82. The van der Waals surface area contributed by atoms with Crippen molar-refractivity contribution in [3.8, 4) is 0 Å². The molecule has 9 heteroatoms. The maximum atomic E-state index is 11.2. The van der Waals surface area contributed by atoms with E-state index in [1.165, 1.54) is 0 Å². The third kappa shape index (κ3) is 1.45. The minimum Gasteiger partial charge on any atom is -0.295 e. The molecule has 0 aromatic carbocycles. The lowest BCUT2D eigenvalue weighted by Crippen LogP contribution is -2.36. The Kier molecular flexibility index (Phi) is 1.78. The second-order valence-electron chi connectivity index (χ2n) is 2.54. The van der Waals surface area contributed by atoms with Crippen LogP contribution in [0.3, 0.4) is 0 Å². The number of aromatic amines is 2. The lowest BCUT2D eigenvalue weighted by atomic mass is 10.7. The Morgan fingerprint density at radius 3 is 2.33 bits per heavy atom. The lowest BCUT2D eigenvalue weighted by Gasteiger charge is -1.98. The molecule has 0 aliphatic carbocycles. The molecule has 0 fully saturated rings. The van der Waals surface area contributed by atoms with Crippen molar-refractivity contribution in [2.24, 2.45) is 0 Å². The summed E-state index contributed by atoms with van der Waals surface area (Å²) in [5.74, 6) is -1.00. The number of hydrogen-bond donors (Lipinski definition) is 2. The molecule has 0 aliphatic rings. The van der Waals surface area contributed by atoms with Gasteiger partial charge in [0.1, 0.15) is 0 Å². The number of H-pyrrole nitrogens is 2. The van der Waals surface area contributed by atoms with Crippen molar-refractivity contribution < 1.29 is 4.52 Å². The van der Waals surface area contributed by atoms with E-state index in [-0.39, 0.29) is 0 Å². The maximum absolute atomic E-state index is 11.2. The molecule has 0 unspecified atom stereocenters. The summed E-state index contributed by atoms with van der Waals surface area (Å²) < 4.78 is 5.00. The van der Waals surface area contributed by atoms with E-state index < -0.39 is 22.7 Å². The zero-order valence-electron chi connectivity index (χ0n) is 7.09. The summed E-state index contributed by atoms with van der Waals surface area (Å²) in [6, 6.07) is 1.00. The molecule has 0 radical (unpaired) electrons. The molecule has 0 amide bonds. The van der Waals surface area contributed by atoms with Gasteiger partial charge in [-0.3, -0.25) is 14.3 Å². The molecule has 2 rings (SSSR count). The fourth-order valence-electron chi connectivity index (χ4n) is 0.973. The molecule has 2 aromatic heterocycles. The fraction of sp³-hybridized carbons (Fsp3) is 0. The van der Waals surface area contributed by atoms with E-state index in [0.29, 0.717) is 9.52 Å². The minimum atomic E-state index is -1.00. The van der Waals surface area contributed by atoms with E-state index in [1.54, 1.807) is 4.98 Å². The average molecular weight is 212 g/mol. The molecule has 0 spiro atoms. The second kappa shape index (κ2) is 2.97. The smallest absolute Gasteiger partial charge is 0.295 e. The van der Waals surface area contributed by atoms with Crippen LogP contribution in [0.5, 0.6) is 0 Å². The van der Waals surface area contributed by atoms with Gasteiger partial charge >= 0.3 is 17.1 Å². The van der Waals surface area contributed by atoms with Gasteiger partial charge in [0.05, 0.1) is 0 Å². The van der Waals surface area contributed by atoms with Gasteiger partial charge < -0.3 is 0 Å². The van der Waals surface area contributed by atoms with Crippen LogP contribution in [0.1, 0.15) is 0 Å². The third-order valence-electron chi connectivity index (χ3n) is 1.55. The Bertz CT molecular complexity index is 710. The summed E-state index contributed by atoms with van der Waals surface area (Å²) in [6.45, 7) is 0. The molecule has 0 bridgehead atoms. The van der Waals surface area contributed by atoms with Gasteiger partial charge in [-0.15, -0.1) is 0 Å². The van der Waals surface area contributed by atoms with E-state index in [2.05, 4.69) is 4.52 Å². The van der Waals surface area contributed by atoms with Crippen LogP contribution in [0.15, 0.2) is 36.0 Å². The molecular weight excluding hydrogens is 208 g/mol. The van der Waals surface area contributed by atoms with Gasteiger partial charge in [0.25, 0.3) is 5.56 Å². The Labute approximate surface area is 79.1 Å². The standard InChI is InChI=1S/C6H4N4O5/c11-3-1-2-9(4(12)7-3)10-5(13)8-6(14)15-10/h1-2H,(H,7,11,12)(H,8,13,14). The normalized spacial score (nSPS) is 10.4. The van der Waals surface area contributed by atoms with Crippen molar-refractivity contribution in [1.82, 2.24) is 19.5 Å². The maximum Gasteiger partial charge on any atom is 0.441 e. The van der Waals surface area contributed by atoms with E-state index in [4.69, 9.17) is 0 Å². The van der Waals surface area contributed by atoms with E-state index in [1.807, 2.05) is 4.98 Å². The SMILES string of the molecule is O=c1ccn(-n2oc(=O)[nH]c2=O)c(=O)[nH]1. The van der Waals surface area contributed by atoms with Crippen LogP contribution >= 0.6 is 0 Å². The van der Waals surface area contributed by atoms with E-state index in [9.17, 15) is 19.2 Å². The van der Waals surface area contributed by atoms with Crippen molar-refractivity contribution in [2.75, 3.05) is 0 Å². The fourth-order valence-corrected chi connectivity index (χ4v) is 0.973. The molecule has 0 saturated heterocycles. The number of aromatic nitrogens is 4. The summed E-state index contributed by atoms with van der Waals surface area (Å²) in [4.78, 5) is 47.6. The zero-order valence-corrected chi connectivity index (χ0v) is 7.09. The number of nitrogens with one attached hydrogen (secondary N) is 2. The van der Waals surface area contributed by atoms with Crippen LogP contribution in [-0.2, 0) is 0 Å². The van der Waals surface area contributed by atoms with Gasteiger partial charge in [-0.25, -0.2) is 19.4 Å². The van der Waals surface area contributed by atoms with Crippen molar-refractivity contribution in [3.63, 3.8) is 0 Å². The van der Waals surface area contributed by atoms with Crippen LogP contribution < -0.4 is 22.7 Å². The van der Waals surface area contributed by atoms with Gasteiger partial charge in [0.15, 0.2) is 0 Å². The first-order valence-electron chi connectivity index (χ1n) is 3.73. The highest BCUT2D eigenvalue weighted by atomic mass is 16.6. The van der Waals surface area contributed by atoms with Crippen molar-refractivity contribution in [3.05, 3.63) is 54.1 Å². The Balaban J connectivity index is 2.80. The highest BCUT2D eigenvalue weighted by Crippen LogP contribution is 1.73. The quantitative estimate of drug-likeness (QED) is 0.532. The first kappa shape index (κ1) is 8.99. The molecule has 0 atom stereocenters. The van der Waals surface area contributed by atoms with E-state index >= 15 is 0 Å². The minimum absolute atomic E-state index is 0.389. The number of rotatable bonds is 1. The van der Waals surface area contributed by atoms with Crippen molar-refractivity contribution >= 4 is 0 Å². The number of hydrogen-bond acceptors (Lipinski definition) is 5. The predicted octanol–water partition coefficient (Wildman–Crippen LogP) is -2.71. The van der Waals surface area contributed by atoms with Crippen LogP contribution in [0.4, 0.5) is 0 Å². The molecule has 2 heterocycles. The Morgan fingerprint density at radius 2 is 1.80 bits per heavy atom. The molecule has 9 nitrogen and oxygen atoms in total. The van der Waals surface area contributed by atoms with Gasteiger partial charge in [-0.05, 0) is 4.85 Å². The molecule has 2 aromatic rings. The average Bonchev–Trinajstić information content (AvgIpc) is 2.45. The van der Waals surface area contributed by atoms with Gasteiger partial charge in [-0.2, -0.15) is 4.68 Å². The summed E-state index contributed by atoms with van der Waals surface area (Å²) in [5.41, 5.74) is -2.44. The monoisotopic (exact) mass is 212 g/mol. The third-order valence-corrected chi connectivity index (χ3v) is 1.55. The molecule has 15 heavy (non-hydrogen) atoms. The van der Waals surface area contributed by atoms with E-state index in [0.717, 1.165) is 12.3 Å². The summed E-state index contributed by atoms with van der Waals surface area (Å²) >= 11 is 0. The first-order valence-corrected chi connectivity index (χ1v) is 3.73. The predicted molar refractivity (Wildman–Crippen MR) is 45.7 cm³/mol. The van der Waals surface area contributed by atoms with Crippen LogP contribution in [-0.4, -0.2) is 19.5 Å². The van der Waals surface area contributed by atoms with Crippen molar-refractivity contribution in [1.29, 1.82) is 0 Å². The molecular formula is C6H4N4O5. The molecule has 0 aliphatic heterocycles. The molecule has 2 N–H and O–H groups in total. The molecule has 78 valence electrons. The van der Waals surface area contributed by atoms with Crippen LogP contribution in [0, 0.1) is 0 Å². The van der Waals surface area contributed by atoms with Crippen LogP contribution in [0.25, 0.3) is 0 Å². The van der Waals surface area contributed by atoms with Gasteiger partial charge in [0.2, 0.25) is 0 Å². The topological polar surface area (TPSA) is 123 Å². The Morgan fingerprint density at radius 1 is 1.07 bits per heavy atom. The van der Waals surface area contributed by atoms with Crippen molar-refractivity contribution in [2.45, 2.75) is 0 Å². The van der Waals surface area contributed by atoms with Crippen LogP contribution in [0.2, 0.25) is 0 Å². The molecule has 0 saturated carbocycles. The summed E-state index contributed by atoms with van der Waals surface area (Å²) in [7, 11) is 0. The first-order chi connectivity index (χ1) is 7.08. The number of nitrogens with zero attached hydrogens (tertiary/aromatic N) is 2. The zero-order chi connectivity index (χ0) is 11.0. The Hall–Kier alpha value is -2.58. The summed E-state index contributed by atoms with van der Waals surface area (Å²) in [6.07, 6.45) is 0.999.